The molecule has 1 aromatic rings. The van der Waals surface area contributed by atoms with Crippen molar-refractivity contribution in [3.8, 4) is 0 Å². The van der Waals surface area contributed by atoms with Gasteiger partial charge in [0, 0.05) is 32.8 Å². The van der Waals surface area contributed by atoms with Gasteiger partial charge in [0.25, 0.3) is 0 Å². The van der Waals surface area contributed by atoms with Gasteiger partial charge < -0.3 is 20.3 Å². The van der Waals surface area contributed by atoms with Gasteiger partial charge in [-0.1, -0.05) is 0 Å². The lowest BCUT2D eigenvalue weighted by Gasteiger charge is -2.13. The summed E-state index contributed by atoms with van der Waals surface area (Å²) < 4.78 is 5.38. The predicted molar refractivity (Wildman–Crippen MR) is 81.0 cm³/mol. The maximum Gasteiger partial charge on any atom is 0.158 e. The molecule has 112 valence electrons. The second-order valence-corrected chi connectivity index (χ2v) is 5.24. The molecule has 0 aromatic carbocycles. The van der Waals surface area contributed by atoms with Crippen LogP contribution in [0.15, 0.2) is 6.07 Å². The first-order valence-electron chi connectivity index (χ1n) is 7.27. The number of likely N-dealkylation sites (tertiary alicyclic amines) is 1. The number of ether oxygens (including phenoxy) is 1. The average molecular weight is 279 g/mol. The molecule has 6 nitrogen and oxygen atoms in total. The van der Waals surface area contributed by atoms with Crippen LogP contribution in [0.2, 0.25) is 0 Å². The first-order chi connectivity index (χ1) is 9.71. The first kappa shape index (κ1) is 15.0. The number of anilines is 2. The van der Waals surface area contributed by atoms with Gasteiger partial charge in [-0.3, -0.25) is 0 Å². The number of hydrogen-bond donors (Lipinski definition) is 2. The molecule has 0 radical (unpaired) electrons. The quantitative estimate of drug-likeness (QED) is 0.787. The fourth-order valence-corrected chi connectivity index (χ4v) is 2.42. The van der Waals surface area contributed by atoms with Crippen molar-refractivity contribution in [3.05, 3.63) is 11.9 Å². The van der Waals surface area contributed by atoms with Crippen LogP contribution in [0.1, 0.15) is 19.2 Å². The lowest BCUT2D eigenvalue weighted by Crippen LogP contribution is -2.20. The van der Waals surface area contributed by atoms with Crippen LogP contribution in [0.3, 0.4) is 0 Å². The van der Waals surface area contributed by atoms with E-state index in [-0.39, 0.29) is 0 Å². The highest BCUT2D eigenvalue weighted by Gasteiger charge is 2.19. The topological polar surface area (TPSA) is 62.3 Å². The van der Waals surface area contributed by atoms with Crippen LogP contribution >= 0.6 is 0 Å². The summed E-state index contributed by atoms with van der Waals surface area (Å²) in [6.07, 6.45) is 1.25. The molecule has 1 unspecified atom stereocenters. The van der Waals surface area contributed by atoms with Crippen LogP contribution in [0.25, 0.3) is 0 Å². The zero-order valence-electron chi connectivity index (χ0n) is 12.6. The molecule has 0 amide bonds. The van der Waals surface area contributed by atoms with E-state index >= 15 is 0 Å². The molecule has 1 aliphatic rings. The maximum atomic E-state index is 5.38. The van der Waals surface area contributed by atoms with E-state index in [1.54, 1.807) is 0 Å². The standard InChI is InChI=1S/C14H25N5O/c1-4-20-10-14-17-12(15-2)7-13(18-14)16-8-11-5-6-19(3)9-11/h7,11H,4-6,8-10H2,1-3H3,(H2,15,16,17,18). The molecule has 6 heteroatoms. The molecule has 1 aromatic heterocycles. The van der Waals surface area contributed by atoms with E-state index in [4.69, 9.17) is 4.74 Å². The second-order valence-electron chi connectivity index (χ2n) is 5.24. The van der Waals surface area contributed by atoms with Crippen molar-refractivity contribution in [2.45, 2.75) is 20.0 Å². The first-order valence-corrected chi connectivity index (χ1v) is 7.27. The SMILES string of the molecule is CCOCc1nc(NC)cc(NCC2CCN(C)C2)n1. The Hall–Kier alpha value is -1.40. The van der Waals surface area contributed by atoms with Gasteiger partial charge in [-0.25, -0.2) is 9.97 Å². The summed E-state index contributed by atoms with van der Waals surface area (Å²) in [7, 11) is 4.03. The molecular weight excluding hydrogens is 254 g/mol. The molecule has 0 bridgehead atoms. The highest BCUT2D eigenvalue weighted by atomic mass is 16.5. The van der Waals surface area contributed by atoms with Crippen molar-refractivity contribution in [1.29, 1.82) is 0 Å². The molecule has 1 atom stereocenters. The fourth-order valence-electron chi connectivity index (χ4n) is 2.42. The van der Waals surface area contributed by atoms with Crippen molar-refractivity contribution in [1.82, 2.24) is 14.9 Å². The minimum absolute atomic E-state index is 0.451. The van der Waals surface area contributed by atoms with E-state index in [2.05, 4.69) is 32.5 Å². The Morgan fingerprint density at radius 3 is 2.85 bits per heavy atom. The third-order valence-electron chi connectivity index (χ3n) is 3.52. The van der Waals surface area contributed by atoms with Gasteiger partial charge in [0.1, 0.15) is 18.2 Å². The van der Waals surface area contributed by atoms with Crippen molar-refractivity contribution in [3.63, 3.8) is 0 Å². The molecule has 1 aliphatic heterocycles. The van der Waals surface area contributed by atoms with Gasteiger partial charge >= 0.3 is 0 Å². The van der Waals surface area contributed by atoms with Crippen LogP contribution < -0.4 is 10.6 Å². The van der Waals surface area contributed by atoms with Crippen LogP contribution in [-0.2, 0) is 11.3 Å². The molecule has 2 rings (SSSR count). The second kappa shape index (κ2) is 7.40. The van der Waals surface area contributed by atoms with E-state index in [1.165, 1.54) is 13.0 Å². The minimum atomic E-state index is 0.451. The Morgan fingerprint density at radius 1 is 1.40 bits per heavy atom. The van der Waals surface area contributed by atoms with Crippen LogP contribution in [0, 0.1) is 5.92 Å². The van der Waals surface area contributed by atoms with Gasteiger partial charge in [-0.15, -0.1) is 0 Å². The molecular formula is C14H25N5O. The van der Waals surface area contributed by atoms with E-state index in [1.807, 2.05) is 20.0 Å². The van der Waals surface area contributed by atoms with E-state index in [9.17, 15) is 0 Å². The summed E-state index contributed by atoms with van der Waals surface area (Å²) in [5.41, 5.74) is 0. The highest BCUT2D eigenvalue weighted by molar-refractivity contribution is 5.47. The van der Waals surface area contributed by atoms with Crippen LogP contribution in [0.5, 0.6) is 0 Å². The van der Waals surface area contributed by atoms with Crippen LogP contribution in [0.4, 0.5) is 11.6 Å². The van der Waals surface area contributed by atoms with Gasteiger partial charge in [-0.2, -0.15) is 0 Å². The molecule has 1 saturated heterocycles. The molecule has 2 heterocycles. The van der Waals surface area contributed by atoms with E-state index < -0.39 is 0 Å². The summed E-state index contributed by atoms with van der Waals surface area (Å²) in [6.45, 7) is 6.39. The molecule has 20 heavy (non-hydrogen) atoms. The Kier molecular flexibility index (Phi) is 5.55. The normalized spacial score (nSPS) is 19.2. The van der Waals surface area contributed by atoms with E-state index in [0.717, 1.165) is 24.7 Å². The number of nitrogens with zero attached hydrogens (tertiary/aromatic N) is 3. The minimum Gasteiger partial charge on any atom is -0.374 e. The Bertz CT molecular complexity index is 426. The number of aromatic nitrogens is 2. The maximum absolute atomic E-state index is 5.38. The van der Waals surface area contributed by atoms with Crippen molar-refractivity contribution < 1.29 is 4.74 Å². The third kappa shape index (κ3) is 4.31. The summed E-state index contributed by atoms with van der Waals surface area (Å²) in [4.78, 5) is 11.3. The number of rotatable bonds is 7. The van der Waals surface area contributed by atoms with Gasteiger partial charge in [0.2, 0.25) is 0 Å². The summed E-state index contributed by atoms with van der Waals surface area (Å²) in [6, 6.07) is 1.94. The Morgan fingerprint density at radius 2 is 2.20 bits per heavy atom. The zero-order valence-corrected chi connectivity index (χ0v) is 12.6. The third-order valence-corrected chi connectivity index (χ3v) is 3.52. The zero-order chi connectivity index (χ0) is 14.4. The number of nitrogens with one attached hydrogen (secondary N) is 2. The average Bonchev–Trinajstić information content (AvgIpc) is 2.88. The predicted octanol–water partition coefficient (Wildman–Crippen LogP) is 1.42. The largest absolute Gasteiger partial charge is 0.374 e. The molecule has 1 fully saturated rings. The summed E-state index contributed by atoms with van der Waals surface area (Å²) >= 11 is 0. The highest BCUT2D eigenvalue weighted by Crippen LogP contribution is 2.16. The van der Waals surface area contributed by atoms with Crippen molar-refractivity contribution >= 4 is 11.6 Å². The van der Waals surface area contributed by atoms with E-state index in [0.29, 0.717) is 25.0 Å². The Labute approximate surface area is 120 Å². The molecule has 0 aliphatic carbocycles. The van der Waals surface area contributed by atoms with Crippen molar-refractivity contribution in [2.75, 3.05) is 51.0 Å². The fraction of sp³-hybridized carbons (Fsp3) is 0.714. The lowest BCUT2D eigenvalue weighted by atomic mass is 10.1. The molecule has 2 N–H and O–H groups in total. The molecule has 0 spiro atoms. The van der Waals surface area contributed by atoms with Crippen molar-refractivity contribution in [2.24, 2.45) is 5.92 Å². The lowest BCUT2D eigenvalue weighted by molar-refractivity contribution is 0.128. The monoisotopic (exact) mass is 279 g/mol. The molecule has 0 saturated carbocycles. The summed E-state index contributed by atoms with van der Waals surface area (Å²) in [5.74, 6) is 3.10. The Balaban J connectivity index is 1.95. The smallest absolute Gasteiger partial charge is 0.158 e. The van der Waals surface area contributed by atoms with Crippen LogP contribution in [-0.4, -0.2) is 55.2 Å². The number of hydrogen-bond acceptors (Lipinski definition) is 6. The van der Waals surface area contributed by atoms with Gasteiger partial charge in [-0.05, 0) is 32.9 Å². The summed E-state index contributed by atoms with van der Waals surface area (Å²) in [5, 5.41) is 6.49. The van der Waals surface area contributed by atoms with Gasteiger partial charge in [0.05, 0.1) is 0 Å². The van der Waals surface area contributed by atoms with Gasteiger partial charge in [0.15, 0.2) is 5.82 Å².